The minimum atomic E-state index is -0.295. The third-order valence-corrected chi connectivity index (χ3v) is 3.62. The second-order valence-electron chi connectivity index (χ2n) is 3.95. The van der Waals surface area contributed by atoms with Crippen molar-refractivity contribution in [3.05, 3.63) is 59.0 Å². The quantitative estimate of drug-likeness (QED) is 0.786. The van der Waals surface area contributed by atoms with Crippen LogP contribution in [0.25, 0.3) is 0 Å². The van der Waals surface area contributed by atoms with Crippen LogP contribution in [0.15, 0.2) is 47.6 Å². The van der Waals surface area contributed by atoms with Crippen LogP contribution in [-0.2, 0) is 11.2 Å². The average Bonchev–Trinajstić information content (AvgIpc) is 2.41. The van der Waals surface area contributed by atoms with E-state index in [1.54, 1.807) is 30.5 Å². The van der Waals surface area contributed by atoms with Crippen LogP contribution in [0.2, 0.25) is 5.02 Å². The summed E-state index contributed by atoms with van der Waals surface area (Å²) in [7, 11) is 0. The van der Waals surface area contributed by atoms with Crippen LogP contribution in [0, 0.1) is 5.82 Å². The molecule has 19 heavy (non-hydrogen) atoms. The fourth-order valence-electron chi connectivity index (χ4n) is 1.48. The Morgan fingerprint density at radius 1 is 1.21 bits per heavy atom. The van der Waals surface area contributed by atoms with E-state index in [0.29, 0.717) is 17.2 Å². The van der Waals surface area contributed by atoms with Crippen LogP contribution in [-0.4, -0.2) is 16.5 Å². The minimum absolute atomic E-state index is 0.0772. The monoisotopic (exact) mass is 295 g/mol. The highest BCUT2D eigenvalue weighted by Crippen LogP contribution is 2.17. The molecule has 0 aliphatic heterocycles. The summed E-state index contributed by atoms with van der Waals surface area (Å²) in [5, 5.41) is 1.33. The van der Waals surface area contributed by atoms with Crippen molar-refractivity contribution in [3.8, 4) is 0 Å². The average molecular weight is 296 g/mol. The van der Waals surface area contributed by atoms with Gasteiger partial charge in [0.15, 0.2) is 0 Å². The highest BCUT2D eigenvalue weighted by molar-refractivity contribution is 7.99. The molecule has 0 aliphatic carbocycles. The molecule has 2 aromatic rings. The van der Waals surface area contributed by atoms with Crippen molar-refractivity contribution >= 4 is 29.1 Å². The van der Waals surface area contributed by atoms with E-state index in [4.69, 9.17) is 11.6 Å². The van der Waals surface area contributed by atoms with Crippen molar-refractivity contribution < 1.29 is 9.18 Å². The first-order valence-electron chi connectivity index (χ1n) is 5.64. The third kappa shape index (κ3) is 4.65. The predicted octanol–water partition coefficient (Wildman–Crippen LogP) is 3.78. The molecule has 1 aromatic carbocycles. The smallest absolute Gasteiger partial charge is 0.147 e. The number of rotatable bonds is 5. The molecule has 0 unspecified atom stereocenters. The maximum atomic E-state index is 12.7. The van der Waals surface area contributed by atoms with Gasteiger partial charge in [0.25, 0.3) is 0 Å². The van der Waals surface area contributed by atoms with Crippen LogP contribution in [0.4, 0.5) is 4.39 Å². The highest BCUT2D eigenvalue weighted by atomic mass is 35.5. The van der Waals surface area contributed by atoms with Gasteiger partial charge in [-0.05, 0) is 29.8 Å². The number of thioether (sulfide) groups is 1. The zero-order valence-electron chi connectivity index (χ0n) is 9.98. The van der Waals surface area contributed by atoms with Crippen LogP contribution in [0.3, 0.4) is 0 Å². The van der Waals surface area contributed by atoms with E-state index in [0.717, 1.165) is 10.6 Å². The molecule has 0 aliphatic rings. The molecule has 0 radical (unpaired) electrons. The first kappa shape index (κ1) is 14.0. The van der Waals surface area contributed by atoms with E-state index in [1.165, 1.54) is 23.9 Å². The maximum Gasteiger partial charge on any atom is 0.147 e. The zero-order valence-corrected chi connectivity index (χ0v) is 11.5. The lowest BCUT2D eigenvalue weighted by atomic mass is 10.1. The van der Waals surface area contributed by atoms with Crippen molar-refractivity contribution in [2.75, 3.05) is 5.75 Å². The van der Waals surface area contributed by atoms with E-state index in [-0.39, 0.29) is 11.6 Å². The van der Waals surface area contributed by atoms with Gasteiger partial charge in [0.05, 0.1) is 15.8 Å². The summed E-state index contributed by atoms with van der Waals surface area (Å²) in [6.45, 7) is 0. The zero-order chi connectivity index (χ0) is 13.7. The number of ketones is 1. The molecule has 2 rings (SSSR count). The summed E-state index contributed by atoms with van der Waals surface area (Å²) < 4.78 is 12.7. The molecule has 0 saturated heterocycles. The van der Waals surface area contributed by atoms with E-state index < -0.39 is 0 Å². The van der Waals surface area contributed by atoms with Gasteiger partial charge in [-0.2, -0.15) is 0 Å². The lowest BCUT2D eigenvalue weighted by Gasteiger charge is -2.02. The van der Waals surface area contributed by atoms with Crippen molar-refractivity contribution in [2.45, 2.75) is 11.4 Å². The second-order valence-corrected chi connectivity index (χ2v) is 5.38. The number of hydrogen-bond donors (Lipinski definition) is 0. The second kappa shape index (κ2) is 6.68. The molecule has 2 nitrogen and oxygen atoms in total. The van der Waals surface area contributed by atoms with Crippen LogP contribution >= 0.6 is 23.4 Å². The van der Waals surface area contributed by atoms with Gasteiger partial charge in [0, 0.05) is 12.6 Å². The van der Waals surface area contributed by atoms with Crippen molar-refractivity contribution in [1.82, 2.24) is 4.98 Å². The normalized spacial score (nSPS) is 10.4. The Hall–Kier alpha value is -1.39. The Bertz CT molecular complexity index is 557. The Morgan fingerprint density at radius 3 is 2.58 bits per heavy atom. The molecular weight excluding hydrogens is 285 g/mol. The van der Waals surface area contributed by atoms with Gasteiger partial charge in [0.2, 0.25) is 0 Å². The number of hydrogen-bond acceptors (Lipinski definition) is 3. The van der Waals surface area contributed by atoms with Gasteiger partial charge in [-0.25, -0.2) is 9.37 Å². The van der Waals surface area contributed by atoms with Gasteiger partial charge >= 0.3 is 0 Å². The fourth-order valence-corrected chi connectivity index (χ4v) is 2.30. The Labute approximate surface area is 120 Å². The first-order valence-corrected chi connectivity index (χ1v) is 7.00. The van der Waals surface area contributed by atoms with Crippen molar-refractivity contribution in [2.24, 2.45) is 0 Å². The summed E-state index contributed by atoms with van der Waals surface area (Å²) in [5.41, 5.74) is 0.816. The standard InChI is InChI=1S/C14H11ClFNOS/c15-11-3-6-14(17-8-11)19-9-13(18)7-10-1-4-12(16)5-2-10/h1-6,8H,7,9H2. The molecule has 0 spiro atoms. The molecule has 0 fully saturated rings. The molecule has 0 atom stereocenters. The Morgan fingerprint density at radius 2 is 1.95 bits per heavy atom. The molecule has 1 aromatic heterocycles. The number of pyridine rings is 1. The summed E-state index contributed by atoms with van der Waals surface area (Å²) in [4.78, 5) is 15.9. The summed E-state index contributed by atoms with van der Waals surface area (Å²) >= 11 is 7.09. The SMILES string of the molecule is O=C(CSc1ccc(Cl)cn1)Cc1ccc(F)cc1. The van der Waals surface area contributed by atoms with Gasteiger partial charge in [0.1, 0.15) is 11.6 Å². The maximum absolute atomic E-state index is 12.7. The van der Waals surface area contributed by atoms with Gasteiger partial charge in [-0.15, -0.1) is 0 Å². The number of Topliss-reactive ketones (excluding diaryl/α,β-unsaturated/α-hetero) is 1. The number of carbonyl (C=O) groups excluding carboxylic acids is 1. The van der Waals surface area contributed by atoms with E-state index in [9.17, 15) is 9.18 Å². The molecule has 1 heterocycles. The highest BCUT2D eigenvalue weighted by Gasteiger charge is 2.06. The number of nitrogens with zero attached hydrogens (tertiary/aromatic N) is 1. The number of benzene rings is 1. The molecule has 0 N–H and O–H groups in total. The predicted molar refractivity (Wildman–Crippen MR) is 75.1 cm³/mol. The largest absolute Gasteiger partial charge is 0.298 e. The molecule has 0 amide bonds. The number of carbonyl (C=O) groups is 1. The van der Waals surface area contributed by atoms with Gasteiger partial charge < -0.3 is 0 Å². The van der Waals surface area contributed by atoms with Gasteiger partial charge in [-0.3, -0.25) is 4.79 Å². The summed E-state index contributed by atoms with van der Waals surface area (Å²) in [5.74, 6) is 0.121. The molecule has 0 saturated carbocycles. The summed E-state index contributed by atoms with van der Waals surface area (Å²) in [6.07, 6.45) is 1.86. The van der Waals surface area contributed by atoms with Gasteiger partial charge in [-0.1, -0.05) is 35.5 Å². The Balaban J connectivity index is 1.84. The molecule has 98 valence electrons. The van der Waals surface area contributed by atoms with Crippen molar-refractivity contribution in [1.29, 1.82) is 0 Å². The van der Waals surface area contributed by atoms with Crippen LogP contribution in [0.1, 0.15) is 5.56 Å². The van der Waals surface area contributed by atoms with Crippen LogP contribution < -0.4 is 0 Å². The Kier molecular flexibility index (Phi) is 4.93. The third-order valence-electron chi connectivity index (χ3n) is 2.40. The lowest BCUT2D eigenvalue weighted by Crippen LogP contribution is -2.05. The first-order chi connectivity index (χ1) is 9.13. The van der Waals surface area contributed by atoms with E-state index in [1.807, 2.05) is 0 Å². The molecule has 0 bridgehead atoms. The minimum Gasteiger partial charge on any atom is -0.298 e. The van der Waals surface area contributed by atoms with E-state index >= 15 is 0 Å². The van der Waals surface area contributed by atoms with E-state index in [2.05, 4.69) is 4.98 Å². The topological polar surface area (TPSA) is 30.0 Å². The lowest BCUT2D eigenvalue weighted by molar-refractivity contribution is -0.116. The summed E-state index contributed by atoms with van der Waals surface area (Å²) in [6, 6.07) is 9.48. The van der Waals surface area contributed by atoms with Crippen LogP contribution in [0.5, 0.6) is 0 Å². The number of halogens is 2. The molecule has 5 heteroatoms. The fraction of sp³-hybridized carbons (Fsp3) is 0.143. The number of aromatic nitrogens is 1. The van der Waals surface area contributed by atoms with Crippen molar-refractivity contribution in [3.63, 3.8) is 0 Å². The molecular formula is C14H11ClFNOS.